The van der Waals surface area contributed by atoms with Crippen LogP contribution in [0.5, 0.6) is 0 Å². The van der Waals surface area contributed by atoms with Gasteiger partial charge in [-0.2, -0.15) is 0 Å². The summed E-state index contributed by atoms with van der Waals surface area (Å²) in [5.74, 6) is 0.601. The zero-order valence-electron chi connectivity index (χ0n) is 14.8. The predicted octanol–water partition coefficient (Wildman–Crippen LogP) is 0.705. The van der Waals surface area contributed by atoms with Crippen molar-refractivity contribution in [2.75, 3.05) is 46.9 Å². The second-order valence-electron chi connectivity index (χ2n) is 5.87. The molecule has 1 aliphatic rings. The number of ether oxygens (including phenoxy) is 1. The van der Waals surface area contributed by atoms with Gasteiger partial charge in [0.25, 0.3) is 0 Å². The number of hydrogen-bond acceptors (Lipinski definition) is 4. The summed E-state index contributed by atoms with van der Waals surface area (Å²) in [6, 6.07) is 0. The lowest BCUT2D eigenvalue weighted by Crippen LogP contribution is -2.47. The molecule has 0 aromatic carbocycles. The third-order valence-electron chi connectivity index (χ3n) is 3.81. The van der Waals surface area contributed by atoms with Crippen molar-refractivity contribution in [3.05, 3.63) is 0 Å². The fourth-order valence-corrected chi connectivity index (χ4v) is 2.38. The molecule has 0 aromatic heterocycles. The molecule has 7 heteroatoms. The molecule has 0 radical (unpaired) electrons. The van der Waals surface area contributed by atoms with Crippen molar-refractivity contribution in [2.24, 2.45) is 10.9 Å². The normalized spacial score (nSPS) is 16.2. The lowest BCUT2D eigenvalue weighted by atomic mass is 9.97. The topological polar surface area (TPSA) is 74.2 Å². The van der Waals surface area contributed by atoms with Gasteiger partial charge in [0, 0.05) is 33.7 Å². The first-order valence-corrected chi connectivity index (χ1v) is 8.39. The molecule has 0 bridgehead atoms. The van der Waals surface area contributed by atoms with Crippen LogP contribution in [0.25, 0.3) is 0 Å². The van der Waals surface area contributed by atoms with E-state index in [0.717, 1.165) is 44.9 Å². The number of aliphatic imine (C=N–C) groups is 1. The number of likely N-dealkylation sites (tertiary alicyclic amines) is 1. The molecule has 132 valence electrons. The Kier molecular flexibility index (Phi) is 8.43. The highest BCUT2D eigenvalue weighted by atomic mass is 16.5. The number of carbonyl (C=O) groups is 2. The third kappa shape index (κ3) is 6.46. The Hall–Kier alpha value is -1.79. The number of piperidine rings is 1. The van der Waals surface area contributed by atoms with Crippen molar-refractivity contribution in [1.82, 2.24) is 15.1 Å². The van der Waals surface area contributed by atoms with Gasteiger partial charge in [-0.05, 0) is 26.2 Å². The first-order chi connectivity index (χ1) is 11.0. The summed E-state index contributed by atoms with van der Waals surface area (Å²) in [7, 11) is 3.45. The van der Waals surface area contributed by atoms with E-state index in [2.05, 4.69) is 22.1 Å². The summed E-state index contributed by atoms with van der Waals surface area (Å²) < 4.78 is 5.09. The van der Waals surface area contributed by atoms with Crippen molar-refractivity contribution in [3.63, 3.8) is 0 Å². The molecule has 1 rings (SSSR count). The molecule has 1 amide bonds. The highest BCUT2D eigenvalue weighted by molar-refractivity contribution is 5.85. The first kappa shape index (κ1) is 19.3. The zero-order chi connectivity index (χ0) is 17.2. The standard InChI is InChI=1S/C16H30N4O3/c1-5-9-17-16(18-12-14(21)19(3)4)20-10-7-13(8-11-20)15(22)23-6-2/h13H,5-12H2,1-4H3,(H,17,18). The minimum atomic E-state index is -0.102. The minimum absolute atomic E-state index is 0.0257. The highest BCUT2D eigenvalue weighted by Gasteiger charge is 2.27. The average molecular weight is 326 g/mol. The van der Waals surface area contributed by atoms with E-state index in [-0.39, 0.29) is 24.3 Å². The first-order valence-electron chi connectivity index (χ1n) is 8.39. The molecule has 0 atom stereocenters. The number of guanidine groups is 1. The second-order valence-corrected chi connectivity index (χ2v) is 5.87. The number of hydrogen-bond donors (Lipinski definition) is 1. The zero-order valence-corrected chi connectivity index (χ0v) is 14.8. The van der Waals surface area contributed by atoms with Crippen LogP contribution in [0, 0.1) is 5.92 Å². The molecule has 1 aliphatic heterocycles. The maximum Gasteiger partial charge on any atom is 0.309 e. The van der Waals surface area contributed by atoms with Crippen LogP contribution in [0.1, 0.15) is 33.1 Å². The Morgan fingerprint density at radius 2 is 1.91 bits per heavy atom. The molecule has 7 nitrogen and oxygen atoms in total. The van der Waals surface area contributed by atoms with E-state index in [1.54, 1.807) is 14.1 Å². The molecule has 1 heterocycles. The van der Waals surface area contributed by atoms with Crippen molar-refractivity contribution in [1.29, 1.82) is 0 Å². The van der Waals surface area contributed by atoms with E-state index in [9.17, 15) is 9.59 Å². The van der Waals surface area contributed by atoms with Crippen LogP contribution in [0.3, 0.4) is 0 Å². The van der Waals surface area contributed by atoms with Gasteiger partial charge < -0.3 is 19.9 Å². The molecule has 23 heavy (non-hydrogen) atoms. The molecule has 1 fully saturated rings. The van der Waals surface area contributed by atoms with E-state index in [1.807, 2.05) is 6.92 Å². The number of nitrogens with zero attached hydrogens (tertiary/aromatic N) is 3. The quantitative estimate of drug-likeness (QED) is 0.442. The van der Waals surface area contributed by atoms with Gasteiger partial charge in [-0.15, -0.1) is 0 Å². The Morgan fingerprint density at radius 1 is 1.26 bits per heavy atom. The van der Waals surface area contributed by atoms with Gasteiger partial charge in [0.05, 0.1) is 12.5 Å². The summed E-state index contributed by atoms with van der Waals surface area (Å²) in [6.07, 6.45) is 2.50. The third-order valence-corrected chi connectivity index (χ3v) is 3.81. The van der Waals surface area contributed by atoms with Gasteiger partial charge in [0.2, 0.25) is 5.91 Å². The highest BCUT2D eigenvalue weighted by Crippen LogP contribution is 2.18. The monoisotopic (exact) mass is 326 g/mol. The van der Waals surface area contributed by atoms with E-state index in [4.69, 9.17) is 4.74 Å². The fraction of sp³-hybridized carbons (Fsp3) is 0.812. The van der Waals surface area contributed by atoms with Gasteiger partial charge in [0.15, 0.2) is 5.96 Å². The Labute approximate surface area is 139 Å². The molecule has 0 aliphatic carbocycles. The van der Waals surface area contributed by atoms with E-state index < -0.39 is 0 Å². The second kappa shape index (κ2) is 10.1. The van der Waals surface area contributed by atoms with Crippen LogP contribution >= 0.6 is 0 Å². The van der Waals surface area contributed by atoms with Crippen molar-refractivity contribution in [2.45, 2.75) is 33.1 Å². The summed E-state index contributed by atoms with van der Waals surface area (Å²) in [5.41, 5.74) is 0. The number of likely N-dealkylation sites (N-methyl/N-ethyl adjacent to an activating group) is 1. The lowest BCUT2D eigenvalue weighted by Gasteiger charge is -2.33. The van der Waals surface area contributed by atoms with Gasteiger partial charge in [-0.1, -0.05) is 6.92 Å². The van der Waals surface area contributed by atoms with Crippen LogP contribution in [-0.4, -0.2) is 74.5 Å². The molecule has 1 N–H and O–H groups in total. The fourth-order valence-electron chi connectivity index (χ4n) is 2.38. The summed E-state index contributed by atoms with van der Waals surface area (Å²) in [6.45, 7) is 6.78. The van der Waals surface area contributed by atoms with E-state index in [1.165, 1.54) is 4.90 Å². The van der Waals surface area contributed by atoms with Crippen LogP contribution in [-0.2, 0) is 14.3 Å². The van der Waals surface area contributed by atoms with Gasteiger partial charge >= 0.3 is 5.97 Å². The van der Waals surface area contributed by atoms with Crippen LogP contribution in [0.15, 0.2) is 4.99 Å². The molecular formula is C16H30N4O3. The number of carbonyl (C=O) groups excluding carboxylic acids is 2. The maximum absolute atomic E-state index is 11.8. The maximum atomic E-state index is 11.8. The summed E-state index contributed by atoms with van der Waals surface area (Å²) in [4.78, 5) is 31.6. The Bertz CT molecular complexity index is 416. The molecular weight excluding hydrogens is 296 g/mol. The van der Waals surface area contributed by atoms with Crippen LogP contribution < -0.4 is 5.32 Å². The molecule has 1 saturated heterocycles. The Balaban J connectivity index is 2.61. The lowest BCUT2D eigenvalue weighted by molar-refractivity contribution is -0.149. The number of esters is 1. The summed E-state index contributed by atoms with van der Waals surface area (Å²) in [5, 5.41) is 3.29. The van der Waals surface area contributed by atoms with E-state index >= 15 is 0 Å². The molecule has 0 unspecified atom stereocenters. The smallest absolute Gasteiger partial charge is 0.309 e. The SMILES string of the molecule is CCCNC(=NCC(=O)N(C)C)N1CCC(C(=O)OCC)CC1. The van der Waals surface area contributed by atoms with Crippen molar-refractivity contribution >= 4 is 17.8 Å². The molecule has 0 aromatic rings. The average Bonchev–Trinajstić information content (AvgIpc) is 2.55. The van der Waals surface area contributed by atoms with Gasteiger partial charge in [0.1, 0.15) is 6.54 Å². The van der Waals surface area contributed by atoms with Crippen molar-refractivity contribution in [3.8, 4) is 0 Å². The number of amides is 1. The van der Waals surface area contributed by atoms with Crippen LogP contribution in [0.4, 0.5) is 0 Å². The number of nitrogens with one attached hydrogen (secondary N) is 1. The minimum Gasteiger partial charge on any atom is -0.466 e. The van der Waals surface area contributed by atoms with Crippen molar-refractivity contribution < 1.29 is 14.3 Å². The Morgan fingerprint density at radius 3 is 2.43 bits per heavy atom. The number of rotatable bonds is 6. The largest absolute Gasteiger partial charge is 0.466 e. The van der Waals surface area contributed by atoms with Gasteiger partial charge in [-0.25, -0.2) is 4.99 Å². The van der Waals surface area contributed by atoms with E-state index in [0.29, 0.717) is 6.61 Å². The van der Waals surface area contributed by atoms with Crippen LogP contribution in [0.2, 0.25) is 0 Å². The molecule has 0 saturated carbocycles. The predicted molar refractivity (Wildman–Crippen MR) is 90.2 cm³/mol. The van der Waals surface area contributed by atoms with Gasteiger partial charge in [-0.3, -0.25) is 9.59 Å². The summed E-state index contributed by atoms with van der Waals surface area (Å²) >= 11 is 0. The molecule has 0 spiro atoms.